The summed E-state index contributed by atoms with van der Waals surface area (Å²) >= 11 is 0.990. The van der Waals surface area contributed by atoms with Crippen LogP contribution in [0.5, 0.6) is 11.6 Å². The number of benzene rings is 1. The van der Waals surface area contributed by atoms with Gasteiger partial charge in [0.15, 0.2) is 0 Å². The zero-order chi connectivity index (χ0) is 9.97. The van der Waals surface area contributed by atoms with E-state index in [4.69, 9.17) is 4.74 Å². The summed E-state index contributed by atoms with van der Waals surface area (Å²) in [6.07, 6.45) is 0. The van der Waals surface area contributed by atoms with Crippen LogP contribution in [0.2, 0.25) is 0 Å². The lowest BCUT2D eigenvalue weighted by Gasteiger charge is -2.00. The predicted octanol–water partition coefficient (Wildman–Crippen LogP) is 1.92. The lowest BCUT2D eigenvalue weighted by Crippen LogP contribution is -1.82. The van der Waals surface area contributed by atoms with E-state index in [2.05, 4.69) is 8.75 Å². The van der Waals surface area contributed by atoms with Crippen molar-refractivity contribution in [1.29, 1.82) is 0 Å². The molecule has 0 spiro atoms. The normalized spacial score (nSPS) is 10.1. The van der Waals surface area contributed by atoms with Gasteiger partial charge < -0.3 is 9.84 Å². The average molecular weight is 208 g/mol. The third-order valence-electron chi connectivity index (χ3n) is 1.83. The van der Waals surface area contributed by atoms with Crippen LogP contribution in [0.4, 0.5) is 0 Å². The Morgan fingerprint density at radius 2 is 1.93 bits per heavy atom. The minimum atomic E-state index is -0.0276. The molecule has 0 saturated carbocycles. The molecule has 1 aromatic carbocycles. The minimum Gasteiger partial charge on any atom is -0.497 e. The van der Waals surface area contributed by atoms with Crippen molar-refractivity contribution in [3.05, 3.63) is 24.3 Å². The summed E-state index contributed by atoms with van der Waals surface area (Å²) in [6, 6.07) is 7.28. The monoisotopic (exact) mass is 208 g/mol. The summed E-state index contributed by atoms with van der Waals surface area (Å²) < 4.78 is 12.7. The SMILES string of the molecule is COc1ccc(-c2nsnc2O)cc1. The molecule has 0 saturated heterocycles. The first-order chi connectivity index (χ1) is 6.81. The molecule has 2 rings (SSSR count). The van der Waals surface area contributed by atoms with Crippen molar-refractivity contribution in [2.45, 2.75) is 0 Å². The average Bonchev–Trinajstić information content (AvgIpc) is 2.65. The number of hydrogen-bond acceptors (Lipinski definition) is 5. The van der Waals surface area contributed by atoms with Crippen molar-refractivity contribution in [3.63, 3.8) is 0 Å². The van der Waals surface area contributed by atoms with Crippen LogP contribution < -0.4 is 4.74 Å². The van der Waals surface area contributed by atoms with E-state index in [9.17, 15) is 5.11 Å². The highest BCUT2D eigenvalue weighted by Crippen LogP contribution is 2.27. The summed E-state index contributed by atoms with van der Waals surface area (Å²) in [6.45, 7) is 0. The Labute approximate surface area is 85.1 Å². The Morgan fingerprint density at radius 3 is 2.43 bits per heavy atom. The Hall–Kier alpha value is -1.62. The van der Waals surface area contributed by atoms with Gasteiger partial charge in [0, 0.05) is 5.56 Å². The lowest BCUT2D eigenvalue weighted by molar-refractivity contribution is 0.415. The zero-order valence-electron chi connectivity index (χ0n) is 7.47. The van der Waals surface area contributed by atoms with Gasteiger partial charge in [-0.15, -0.1) is 4.37 Å². The van der Waals surface area contributed by atoms with E-state index < -0.39 is 0 Å². The van der Waals surface area contributed by atoms with Gasteiger partial charge in [-0.25, -0.2) is 0 Å². The third kappa shape index (κ3) is 1.54. The van der Waals surface area contributed by atoms with Gasteiger partial charge in [-0.2, -0.15) is 4.37 Å². The molecule has 14 heavy (non-hydrogen) atoms. The number of ether oxygens (including phenoxy) is 1. The molecule has 5 heteroatoms. The maximum Gasteiger partial charge on any atom is 0.251 e. The molecule has 0 atom stereocenters. The Morgan fingerprint density at radius 1 is 1.21 bits per heavy atom. The van der Waals surface area contributed by atoms with Gasteiger partial charge in [0.2, 0.25) is 0 Å². The maximum absolute atomic E-state index is 9.34. The van der Waals surface area contributed by atoms with E-state index in [1.165, 1.54) is 0 Å². The highest BCUT2D eigenvalue weighted by molar-refractivity contribution is 6.99. The van der Waals surface area contributed by atoms with Crippen LogP contribution in [0.15, 0.2) is 24.3 Å². The largest absolute Gasteiger partial charge is 0.497 e. The van der Waals surface area contributed by atoms with Crippen molar-refractivity contribution in [2.75, 3.05) is 7.11 Å². The highest BCUT2D eigenvalue weighted by Gasteiger charge is 2.08. The quantitative estimate of drug-likeness (QED) is 0.819. The molecule has 0 radical (unpaired) electrons. The molecule has 0 aliphatic carbocycles. The fourth-order valence-corrected chi connectivity index (χ4v) is 1.59. The standard InChI is InChI=1S/C9H8N2O2S/c1-13-7-4-2-6(3-5-7)8-9(12)11-14-10-8/h2-5H,1H3,(H,11,12). The first-order valence-electron chi connectivity index (χ1n) is 3.97. The second-order valence-electron chi connectivity index (χ2n) is 2.66. The Kier molecular flexibility index (Phi) is 2.32. The number of hydrogen-bond donors (Lipinski definition) is 1. The highest BCUT2D eigenvalue weighted by atomic mass is 32.1. The van der Waals surface area contributed by atoms with E-state index >= 15 is 0 Å². The van der Waals surface area contributed by atoms with E-state index in [-0.39, 0.29) is 5.88 Å². The Balaban J connectivity index is 2.39. The molecule has 1 N–H and O–H groups in total. The third-order valence-corrected chi connectivity index (χ3v) is 2.35. The molecule has 0 aliphatic rings. The molecule has 0 amide bonds. The molecule has 0 bridgehead atoms. The van der Waals surface area contributed by atoms with Crippen LogP contribution in [0, 0.1) is 0 Å². The second kappa shape index (κ2) is 3.63. The zero-order valence-corrected chi connectivity index (χ0v) is 8.28. The van der Waals surface area contributed by atoms with E-state index in [0.29, 0.717) is 5.69 Å². The van der Waals surface area contributed by atoms with Crippen molar-refractivity contribution in [3.8, 4) is 22.9 Å². The first kappa shape index (κ1) is 8.96. The fourth-order valence-electron chi connectivity index (χ4n) is 1.11. The summed E-state index contributed by atoms with van der Waals surface area (Å²) in [5.74, 6) is 0.747. The molecule has 4 nitrogen and oxygen atoms in total. The molecule has 2 aromatic rings. The van der Waals surface area contributed by atoms with Crippen molar-refractivity contribution < 1.29 is 9.84 Å². The molecule has 0 unspecified atom stereocenters. The van der Waals surface area contributed by atoms with Crippen LogP contribution in [0.1, 0.15) is 0 Å². The van der Waals surface area contributed by atoms with Crippen LogP contribution in [-0.2, 0) is 0 Å². The van der Waals surface area contributed by atoms with Crippen molar-refractivity contribution in [1.82, 2.24) is 8.75 Å². The summed E-state index contributed by atoms with van der Waals surface area (Å²) in [4.78, 5) is 0. The maximum atomic E-state index is 9.34. The van der Waals surface area contributed by atoms with Crippen LogP contribution in [0.3, 0.4) is 0 Å². The molecule has 1 aromatic heterocycles. The number of aromatic hydroxyl groups is 1. The van der Waals surface area contributed by atoms with Crippen molar-refractivity contribution in [2.24, 2.45) is 0 Å². The molecular weight excluding hydrogens is 200 g/mol. The smallest absolute Gasteiger partial charge is 0.251 e. The van der Waals surface area contributed by atoms with Crippen LogP contribution in [0.25, 0.3) is 11.3 Å². The van der Waals surface area contributed by atoms with Gasteiger partial charge >= 0.3 is 0 Å². The van der Waals surface area contributed by atoms with Crippen LogP contribution >= 0.6 is 11.7 Å². The fraction of sp³-hybridized carbons (Fsp3) is 0.111. The summed E-state index contributed by atoms with van der Waals surface area (Å²) in [5, 5.41) is 9.34. The summed E-state index contributed by atoms with van der Waals surface area (Å²) in [7, 11) is 1.61. The van der Waals surface area contributed by atoms with Gasteiger partial charge in [0.1, 0.15) is 11.4 Å². The summed E-state index contributed by atoms with van der Waals surface area (Å²) in [5.41, 5.74) is 1.34. The molecule has 72 valence electrons. The number of rotatable bonds is 2. The van der Waals surface area contributed by atoms with Gasteiger partial charge in [0.25, 0.3) is 5.88 Å². The predicted molar refractivity (Wildman–Crippen MR) is 53.6 cm³/mol. The number of aromatic nitrogens is 2. The van der Waals surface area contributed by atoms with Gasteiger partial charge in [-0.05, 0) is 24.3 Å². The number of methoxy groups -OCH3 is 1. The van der Waals surface area contributed by atoms with Gasteiger partial charge in [-0.1, -0.05) is 0 Å². The molecular formula is C9H8N2O2S. The number of nitrogens with zero attached hydrogens (tertiary/aromatic N) is 2. The van der Waals surface area contributed by atoms with E-state index in [1.807, 2.05) is 24.3 Å². The van der Waals surface area contributed by atoms with Crippen LogP contribution in [-0.4, -0.2) is 21.0 Å². The minimum absolute atomic E-state index is 0.0276. The molecule has 1 heterocycles. The Bertz CT molecular complexity index is 425. The topological polar surface area (TPSA) is 55.2 Å². The lowest BCUT2D eigenvalue weighted by atomic mass is 10.1. The van der Waals surface area contributed by atoms with Gasteiger partial charge in [-0.3, -0.25) is 0 Å². The van der Waals surface area contributed by atoms with Gasteiger partial charge in [0.05, 0.1) is 18.8 Å². The van der Waals surface area contributed by atoms with E-state index in [0.717, 1.165) is 23.0 Å². The first-order valence-corrected chi connectivity index (χ1v) is 4.70. The second-order valence-corrected chi connectivity index (χ2v) is 3.19. The molecule has 0 fully saturated rings. The van der Waals surface area contributed by atoms with Crippen molar-refractivity contribution >= 4 is 11.7 Å². The molecule has 0 aliphatic heterocycles. The van der Waals surface area contributed by atoms with E-state index in [1.54, 1.807) is 7.11 Å².